The van der Waals surface area contributed by atoms with Crippen LogP contribution in [0.5, 0.6) is 0 Å². The molecule has 18 heavy (non-hydrogen) atoms. The highest BCUT2D eigenvalue weighted by Gasteiger charge is 2.15. The van der Waals surface area contributed by atoms with Gasteiger partial charge in [-0.15, -0.1) is 6.42 Å². The molecule has 0 aromatic carbocycles. The van der Waals surface area contributed by atoms with Gasteiger partial charge in [-0.2, -0.15) is 0 Å². The monoisotopic (exact) mass is 246 g/mol. The lowest BCUT2D eigenvalue weighted by atomic mass is 10.2. The van der Waals surface area contributed by atoms with Crippen molar-refractivity contribution in [3.05, 3.63) is 29.6 Å². The number of rotatable bonds is 5. The van der Waals surface area contributed by atoms with Crippen LogP contribution in [0.4, 0.5) is 0 Å². The van der Waals surface area contributed by atoms with Gasteiger partial charge in [0.25, 0.3) is 5.91 Å². The highest BCUT2D eigenvalue weighted by molar-refractivity contribution is 5.95. The van der Waals surface area contributed by atoms with Crippen LogP contribution in [-0.4, -0.2) is 40.0 Å². The molecule has 0 atom stereocenters. The first kappa shape index (κ1) is 13.7. The number of pyridine rings is 1. The summed E-state index contributed by atoms with van der Waals surface area (Å²) in [6, 6.07) is 2.74. The van der Waals surface area contributed by atoms with E-state index in [4.69, 9.17) is 11.5 Å². The zero-order chi connectivity index (χ0) is 13.5. The summed E-state index contributed by atoms with van der Waals surface area (Å²) in [5.74, 6) is 1.06. The van der Waals surface area contributed by atoms with Crippen molar-refractivity contribution >= 4 is 11.9 Å². The van der Waals surface area contributed by atoms with Gasteiger partial charge in [0.2, 0.25) is 0 Å². The molecule has 0 spiro atoms. The van der Waals surface area contributed by atoms with Gasteiger partial charge in [-0.25, -0.2) is 9.78 Å². The summed E-state index contributed by atoms with van der Waals surface area (Å²) in [6.07, 6.45) is 7.26. The number of carbonyl (C=O) groups excluding carboxylic acids is 1. The lowest BCUT2D eigenvalue weighted by Crippen LogP contribution is -2.32. The van der Waals surface area contributed by atoms with Crippen LogP contribution in [0.15, 0.2) is 18.3 Å². The first-order valence-corrected chi connectivity index (χ1v) is 5.52. The van der Waals surface area contributed by atoms with E-state index in [9.17, 15) is 9.59 Å². The molecular weight excluding hydrogens is 232 g/mol. The molecule has 0 saturated heterocycles. The maximum Gasteiger partial charge on any atom is 0.354 e. The molecule has 1 N–H and O–H groups in total. The highest BCUT2D eigenvalue weighted by atomic mass is 16.4. The number of amides is 1. The number of hydrogen-bond acceptors (Lipinski definition) is 3. The summed E-state index contributed by atoms with van der Waals surface area (Å²) in [6.45, 7) is 2.74. The number of aromatic carboxylic acids is 1. The fourth-order valence-corrected chi connectivity index (χ4v) is 1.46. The second kappa shape index (κ2) is 6.40. The Morgan fingerprint density at radius 3 is 2.67 bits per heavy atom. The Morgan fingerprint density at radius 2 is 2.22 bits per heavy atom. The number of nitrogens with zero attached hydrogens (tertiary/aromatic N) is 2. The van der Waals surface area contributed by atoms with Gasteiger partial charge in [0.1, 0.15) is 5.69 Å². The van der Waals surface area contributed by atoms with Crippen molar-refractivity contribution in [1.82, 2.24) is 9.88 Å². The lowest BCUT2D eigenvalue weighted by Gasteiger charge is -2.19. The van der Waals surface area contributed by atoms with Crippen molar-refractivity contribution in [3.63, 3.8) is 0 Å². The maximum absolute atomic E-state index is 12.0. The Balaban J connectivity index is 2.88. The predicted molar refractivity (Wildman–Crippen MR) is 66.2 cm³/mol. The molecule has 94 valence electrons. The van der Waals surface area contributed by atoms with Gasteiger partial charge in [0.15, 0.2) is 0 Å². The maximum atomic E-state index is 12.0. The lowest BCUT2D eigenvalue weighted by molar-refractivity contribution is 0.0688. The van der Waals surface area contributed by atoms with Crippen LogP contribution in [0.3, 0.4) is 0 Å². The third kappa shape index (κ3) is 3.32. The largest absolute Gasteiger partial charge is 0.477 e. The van der Waals surface area contributed by atoms with E-state index >= 15 is 0 Å². The average molecular weight is 246 g/mol. The van der Waals surface area contributed by atoms with Gasteiger partial charge in [-0.05, 0) is 18.6 Å². The van der Waals surface area contributed by atoms with Crippen LogP contribution in [0.1, 0.15) is 34.2 Å². The van der Waals surface area contributed by atoms with E-state index in [1.165, 1.54) is 23.2 Å². The van der Waals surface area contributed by atoms with E-state index in [0.717, 1.165) is 6.42 Å². The van der Waals surface area contributed by atoms with E-state index in [1.807, 2.05) is 6.92 Å². The van der Waals surface area contributed by atoms with Gasteiger partial charge < -0.3 is 10.0 Å². The third-order valence-corrected chi connectivity index (χ3v) is 2.29. The molecule has 0 aliphatic rings. The Kier molecular flexibility index (Phi) is 4.88. The van der Waals surface area contributed by atoms with Crippen LogP contribution >= 0.6 is 0 Å². The van der Waals surface area contributed by atoms with Crippen molar-refractivity contribution in [1.29, 1.82) is 0 Å². The molecule has 0 aliphatic heterocycles. The smallest absolute Gasteiger partial charge is 0.354 e. The fraction of sp³-hybridized carbons (Fsp3) is 0.308. The Labute approximate surface area is 105 Å². The topological polar surface area (TPSA) is 70.5 Å². The van der Waals surface area contributed by atoms with Crippen molar-refractivity contribution in [2.75, 3.05) is 13.1 Å². The number of carbonyl (C=O) groups is 2. The number of carboxylic acids is 1. The molecule has 1 aromatic heterocycles. The first-order chi connectivity index (χ1) is 8.60. The molecule has 1 rings (SSSR count). The fourth-order valence-electron chi connectivity index (χ4n) is 1.46. The molecule has 0 unspecified atom stereocenters. The summed E-state index contributed by atoms with van der Waals surface area (Å²) in [7, 11) is 0. The zero-order valence-electron chi connectivity index (χ0n) is 10.1. The van der Waals surface area contributed by atoms with E-state index in [0.29, 0.717) is 12.1 Å². The van der Waals surface area contributed by atoms with Gasteiger partial charge in [-0.1, -0.05) is 12.8 Å². The highest BCUT2D eigenvalue weighted by Crippen LogP contribution is 2.06. The molecule has 1 aromatic rings. The normalized spacial score (nSPS) is 9.56. The van der Waals surface area contributed by atoms with Crippen molar-refractivity contribution in [2.45, 2.75) is 13.3 Å². The Morgan fingerprint density at radius 1 is 1.50 bits per heavy atom. The summed E-state index contributed by atoms with van der Waals surface area (Å²) < 4.78 is 0. The second-order valence-electron chi connectivity index (χ2n) is 3.67. The molecule has 0 fully saturated rings. The van der Waals surface area contributed by atoms with Crippen LogP contribution in [0.2, 0.25) is 0 Å². The van der Waals surface area contributed by atoms with E-state index < -0.39 is 5.97 Å². The Hall–Kier alpha value is -2.35. The standard InChI is InChI=1S/C13H14N2O3/c1-3-7-15(8-4-2)12(16)10-5-6-11(13(17)18)14-9-10/h1,5-6,9H,4,7-8H2,2H3,(H,17,18). The molecular formula is C13H14N2O3. The molecule has 0 saturated carbocycles. The molecule has 0 radical (unpaired) electrons. The van der Waals surface area contributed by atoms with Gasteiger partial charge in [0.05, 0.1) is 12.1 Å². The van der Waals surface area contributed by atoms with Crippen LogP contribution in [0.25, 0.3) is 0 Å². The second-order valence-corrected chi connectivity index (χ2v) is 3.67. The predicted octanol–water partition coefficient (Wildman–Crippen LogP) is 1.27. The van der Waals surface area contributed by atoms with Crippen LogP contribution in [0, 0.1) is 12.3 Å². The number of aromatic nitrogens is 1. The minimum absolute atomic E-state index is 0.0921. The van der Waals surface area contributed by atoms with Crippen molar-refractivity contribution in [2.24, 2.45) is 0 Å². The minimum Gasteiger partial charge on any atom is -0.477 e. The Bertz CT molecular complexity index is 474. The quantitative estimate of drug-likeness (QED) is 0.794. The molecule has 5 heteroatoms. The number of terminal acetylenes is 1. The van der Waals surface area contributed by atoms with E-state index in [2.05, 4.69) is 10.9 Å². The summed E-state index contributed by atoms with van der Waals surface area (Å²) in [5, 5.41) is 8.71. The van der Waals surface area contributed by atoms with Crippen molar-refractivity contribution in [3.8, 4) is 12.3 Å². The minimum atomic E-state index is -1.12. The summed E-state index contributed by atoms with van der Waals surface area (Å²) >= 11 is 0. The van der Waals surface area contributed by atoms with Gasteiger partial charge in [-0.3, -0.25) is 4.79 Å². The number of hydrogen-bond donors (Lipinski definition) is 1. The summed E-state index contributed by atoms with van der Waals surface area (Å²) in [4.78, 5) is 27.9. The molecule has 1 heterocycles. The van der Waals surface area contributed by atoms with E-state index in [1.54, 1.807) is 0 Å². The van der Waals surface area contributed by atoms with Gasteiger partial charge in [0, 0.05) is 12.7 Å². The molecule has 1 amide bonds. The van der Waals surface area contributed by atoms with Crippen molar-refractivity contribution < 1.29 is 14.7 Å². The summed E-state index contributed by atoms with van der Waals surface area (Å²) in [5.41, 5.74) is 0.245. The first-order valence-electron chi connectivity index (χ1n) is 5.52. The third-order valence-electron chi connectivity index (χ3n) is 2.29. The molecule has 0 aliphatic carbocycles. The van der Waals surface area contributed by atoms with Crippen LogP contribution in [-0.2, 0) is 0 Å². The molecule has 5 nitrogen and oxygen atoms in total. The average Bonchev–Trinajstić information content (AvgIpc) is 2.38. The number of carboxylic acid groups (broad SMARTS) is 1. The van der Waals surface area contributed by atoms with E-state index in [-0.39, 0.29) is 18.1 Å². The van der Waals surface area contributed by atoms with Crippen LogP contribution < -0.4 is 0 Å². The van der Waals surface area contributed by atoms with Gasteiger partial charge >= 0.3 is 5.97 Å². The zero-order valence-corrected chi connectivity index (χ0v) is 10.1. The SMILES string of the molecule is C#CCN(CCC)C(=O)c1ccc(C(=O)O)nc1. The molecule has 0 bridgehead atoms.